The Kier molecular flexibility index (Phi) is 2.67. The molecule has 3 rings (SSSR count). The maximum atomic E-state index is 13.0. The Labute approximate surface area is 106 Å². The summed E-state index contributed by atoms with van der Waals surface area (Å²) in [6.07, 6.45) is 3.35. The molecule has 2 heterocycles. The van der Waals surface area contributed by atoms with Crippen LogP contribution in [0.3, 0.4) is 0 Å². The van der Waals surface area contributed by atoms with E-state index in [-0.39, 0.29) is 0 Å². The molecule has 0 saturated carbocycles. The molecule has 1 aliphatic rings. The van der Waals surface area contributed by atoms with Crippen molar-refractivity contribution < 1.29 is 4.57 Å². The molecule has 1 aliphatic heterocycles. The van der Waals surface area contributed by atoms with Crippen molar-refractivity contribution in [3.8, 4) is 0 Å². The maximum Gasteiger partial charge on any atom is 0.130 e. The van der Waals surface area contributed by atoms with Gasteiger partial charge in [0.05, 0.1) is 5.69 Å². The SMILES string of the molecule is Nc1ncnc2c1CP(=O)(c1ccccc1)CC2. The van der Waals surface area contributed by atoms with Gasteiger partial charge in [-0.05, 0) is 6.42 Å². The smallest absolute Gasteiger partial charge is 0.130 e. The molecule has 92 valence electrons. The van der Waals surface area contributed by atoms with E-state index in [1.807, 2.05) is 30.3 Å². The van der Waals surface area contributed by atoms with Crippen molar-refractivity contribution in [1.82, 2.24) is 9.97 Å². The molecule has 4 nitrogen and oxygen atoms in total. The molecule has 0 spiro atoms. The first-order chi connectivity index (χ1) is 8.69. The summed E-state index contributed by atoms with van der Waals surface area (Å²) in [6, 6.07) is 9.66. The van der Waals surface area contributed by atoms with E-state index in [1.54, 1.807) is 0 Å². The lowest BCUT2D eigenvalue weighted by molar-refractivity contribution is 0.577. The predicted octanol–water partition coefficient (Wildman–Crippen LogP) is 1.80. The van der Waals surface area contributed by atoms with Gasteiger partial charge >= 0.3 is 0 Å². The van der Waals surface area contributed by atoms with Gasteiger partial charge in [-0.15, -0.1) is 0 Å². The topological polar surface area (TPSA) is 68.9 Å². The van der Waals surface area contributed by atoms with Gasteiger partial charge < -0.3 is 10.3 Å². The second kappa shape index (κ2) is 4.21. The minimum atomic E-state index is -2.39. The summed E-state index contributed by atoms with van der Waals surface area (Å²) in [6.45, 7) is 0. The second-order valence-corrected chi connectivity index (χ2v) is 7.60. The average Bonchev–Trinajstić information content (AvgIpc) is 2.41. The maximum absolute atomic E-state index is 13.0. The highest BCUT2D eigenvalue weighted by molar-refractivity contribution is 7.70. The van der Waals surface area contributed by atoms with E-state index in [0.29, 0.717) is 24.6 Å². The third-order valence-corrected chi connectivity index (χ3v) is 6.43. The molecule has 1 aromatic heterocycles. The lowest BCUT2D eigenvalue weighted by Crippen LogP contribution is -2.19. The van der Waals surface area contributed by atoms with E-state index in [4.69, 9.17) is 5.73 Å². The van der Waals surface area contributed by atoms with Crippen molar-refractivity contribution in [3.05, 3.63) is 47.9 Å². The lowest BCUT2D eigenvalue weighted by atomic mass is 10.2. The highest BCUT2D eigenvalue weighted by atomic mass is 31.2. The molecule has 5 heteroatoms. The van der Waals surface area contributed by atoms with E-state index < -0.39 is 7.14 Å². The van der Waals surface area contributed by atoms with Gasteiger partial charge in [-0.25, -0.2) is 9.97 Å². The van der Waals surface area contributed by atoms with Crippen molar-refractivity contribution in [2.75, 3.05) is 11.9 Å². The first-order valence-electron chi connectivity index (χ1n) is 5.91. The Morgan fingerprint density at radius 2 is 1.94 bits per heavy atom. The highest BCUT2D eigenvalue weighted by Gasteiger charge is 2.32. The number of rotatable bonds is 1. The van der Waals surface area contributed by atoms with Crippen LogP contribution in [0.15, 0.2) is 36.7 Å². The summed E-state index contributed by atoms with van der Waals surface area (Å²) in [4.78, 5) is 8.22. The van der Waals surface area contributed by atoms with Gasteiger partial charge in [-0.3, -0.25) is 0 Å². The zero-order valence-electron chi connectivity index (χ0n) is 9.91. The van der Waals surface area contributed by atoms with Gasteiger partial charge in [0.2, 0.25) is 0 Å². The Bertz CT molecular complexity index is 627. The van der Waals surface area contributed by atoms with Crippen molar-refractivity contribution in [1.29, 1.82) is 0 Å². The van der Waals surface area contributed by atoms with Crippen LogP contribution < -0.4 is 11.0 Å². The van der Waals surface area contributed by atoms with Crippen LogP contribution in [0.1, 0.15) is 11.3 Å². The zero-order chi connectivity index (χ0) is 12.6. The van der Waals surface area contributed by atoms with Crippen LogP contribution in [0.5, 0.6) is 0 Å². The molecule has 1 unspecified atom stereocenters. The fourth-order valence-corrected chi connectivity index (χ4v) is 5.14. The number of nitrogens with two attached hydrogens (primary N) is 1. The van der Waals surface area contributed by atoms with Crippen LogP contribution in [0, 0.1) is 0 Å². The lowest BCUT2D eigenvalue weighted by Gasteiger charge is -2.25. The van der Waals surface area contributed by atoms with Crippen molar-refractivity contribution in [2.45, 2.75) is 12.6 Å². The minimum absolute atomic E-state index is 0.468. The molecular weight excluding hydrogens is 245 g/mol. The van der Waals surface area contributed by atoms with Crippen LogP contribution in [-0.2, 0) is 17.1 Å². The summed E-state index contributed by atoms with van der Waals surface area (Å²) in [5, 5.41) is 0.930. The van der Waals surface area contributed by atoms with Gasteiger partial charge in [0.1, 0.15) is 19.3 Å². The molecule has 18 heavy (non-hydrogen) atoms. The first-order valence-corrected chi connectivity index (χ1v) is 7.99. The molecule has 0 radical (unpaired) electrons. The van der Waals surface area contributed by atoms with Crippen LogP contribution >= 0.6 is 7.14 Å². The van der Waals surface area contributed by atoms with E-state index in [2.05, 4.69) is 9.97 Å². The summed E-state index contributed by atoms with van der Waals surface area (Å²) in [5.41, 5.74) is 7.69. The second-order valence-electron chi connectivity index (χ2n) is 4.54. The van der Waals surface area contributed by atoms with Crippen LogP contribution in [0.25, 0.3) is 0 Å². The summed E-state index contributed by atoms with van der Waals surface area (Å²) in [5.74, 6) is 0.468. The molecule has 0 aliphatic carbocycles. The van der Waals surface area contributed by atoms with Crippen LogP contribution in [0.4, 0.5) is 5.82 Å². The number of aryl methyl sites for hydroxylation is 1. The number of aromatic nitrogens is 2. The van der Waals surface area contributed by atoms with Gasteiger partial charge in [0.25, 0.3) is 0 Å². The fraction of sp³-hybridized carbons (Fsp3) is 0.231. The minimum Gasteiger partial charge on any atom is -0.383 e. The molecule has 0 saturated heterocycles. The fourth-order valence-electron chi connectivity index (χ4n) is 2.39. The molecule has 1 aromatic carbocycles. The van der Waals surface area contributed by atoms with Gasteiger partial charge in [0, 0.05) is 23.2 Å². The average molecular weight is 259 g/mol. The first kappa shape index (κ1) is 11.4. The number of nitrogen functional groups attached to an aromatic ring is 1. The molecule has 2 aromatic rings. The van der Waals surface area contributed by atoms with E-state index >= 15 is 0 Å². The molecule has 2 N–H and O–H groups in total. The number of fused-ring (bicyclic) bond motifs is 1. The largest absolute Gasteiger partial charge is 0.383 e. The Balaban J connectivity index is 2.05. The molecule has 0 fully saturated rings. The predicted molar refractivity (Wildman–Crippen MR) is 72.4 cm³/mol. The normalized spacial score (nSPS) is 22.4. The van der Waals surface area contributed by atoms with Crippen molar-refractivity contribution in [3.63, 3.8) is 0 Å². The summed E-state index contributed by atoms with van der Waals surface area (Å²) >= 11 is 0. The molecule has 1 atom stereocenters. The van der Waals surface area contributed by atoms with E-state index in [1.165, 1.54) is 6.33 Å². The number of hydrogen-bond acceptors (Lipinski definition) is 4. The van der Waals surface area contributed by atoms with Gasteiger partial charge in [-0.1, -0.05) is 30.3 Å². The van der Waals surface area contributed by atoms with Gasteiger partial charge in [0.15, 0.2) is 0 Å². The number of anilines is 1. The number of benzene rings is 1. The monoisotopic (exact) mass is 259 g/mol. The van der Waals surface area contributed by atoms with Crippen LogP contribution in [0.2, 0.25) is 0 Å². The third kappa shape index (κ3) is 1.83. The molecule has 0 bridgehead atoms. The standard InChI is InChI=1S/C13H14N3OP/c14-13-11-8-18(17,10-4-2-1-3-5-10)7-6-12(11)15-9-16-13/h1-5,9H,6-8H2,(H2,14,15,16). The summed E-state index contributed by atoms with van der Waals surface area (Å²) < 4.78 is 13.0. The zero-order valence-corrected chi connectivity index (χ0v) is 10.8. The third-order valence-electron chi connectivity index (χ3n) is 3.42. The van der Waals surface area contributed by atoms with Crippen molar-refractivity contribution in [2.24, 2.45) is 0 Å². The Hall–Kier alpha value is -1.67. The Morgan fingerprint density at radius 3 is 2.72 bits per heavy atom. The van der Waals surface area contributed by atoms with Gasteiger partial charge in [-0.2, -0.15) is 0 Å². The molecule has 0 amide bonds. The molecular formula is C13H14N3OP. The van der Waals surface area contributed by atoms with E-state index in [9.17, 15) is 4.57 Å². The van der Waals surface area contributed by atoms with Crippen molar-refractivity contribution >= 4 is 18.3 Å². The highest BCUT2D eigenvalue weighted by Crippen LogP contribution is 2.52. The van der Waals surface area contributed by atoms with E-state index in [0.717, 1.165) is 16.6 Å². The number of nitrogens with zero attached hydrogens (tertiary/aromatic N) is 2. The summed E-state index contributed by atoms with van der Waals surface area (Å²) in [7, 11) is -2.39. The van der Waals surface area contributed by atoms with Crippen LogP contribution in [-0.4, -0.2) is 16.1 Å². The number of hydrogen-bond donors (Lipinski definition) is 1. The Morgan fingerprint density at radius 1 is 1.17 bits per heavy atom. The quantitative estimate of drug-likeness (QED) is 0.793.